The lowest BCUT2D eigenvalue weighted by molar-refractivity contribution is 0.0923. The van der Waals surface area contributed by atoms with Crippen molar-refractivity contribution in [2.75, 3.05) is 17.3 Å². The van der Waals surface area contributed by atoms with Crippen molar-refractivity contribution >= 4 is 23.7 Å². The number of imide groups is 1. The third kappa shape index (κ3) is 3.43. The summed E-state index contributed by atoms with van der Waals surface area (Å²) in [5.41, 5.74) is 2.50. The minimum atomic E-state index is -0.460. The average Bonchev–Trinajstić information content (AvgIpc) is 3.42. The molecular formula is C26H20FN5O3. The summed E-state index contributed by atoms with van der Waals surface area (Å²) in [4.78, 5) is 31.5. The smallest absolute Gasteiger partial charge is 0.268 e. The van der Waals surface area contributed by atoms with Gasteiger partial charge in [-0.3, -0.25) is 9.59 Å². The predicted octanol–water partition coefficient (Wildman–Crippen LogP) is 4.37. The van der Waals surface area contributed by atoms with Crippen LogP contribution in [0, 0.1) is 5.82 Å². The number of carbonyl (C=O) groups is 2. The Morgan fingerprint density at radius 3 is 2.17 bits per heavy atom. The summed E-state index contributed by atoms with van der Waals surface area (Å²) in [6.07, 6.45) is 0.593. The lowest BCUT2D eigenvalue weighted by Crippen LogP contribution is -2.30. The van der Waals surface area contributed by atoms with Crippen LogP contribution in [0.15, 0.2) is 72.8 Å². The molecule has 174 valence electrons. The monoisotopic (exact) mass is 469 g/mol. The zero-order chi connectivity index (χ0) is 24.1. The standard InChI is InChI=1S/C26H20FN5O3/c1-35-18-12-8-15(9-13-18)21-14-22(16-6-10-17(27)11-7-16)32-25(28-21)29-26(30-32)31-23(33)19-4-2-3-5-20(19)24(31)34/h2-13,21-22H,14H2,1H3,(H,28,29,30)/t21-,22-/m1/s1. The molecule has 0 bridgehead atoms. The van der Waals surface area contributed by atoms with Gasteiger partial charge in [-0.2, -0.15) is 4.98 Å². The van der Waals surface area contributed by atoms with Crippen LogP contribution in [0.3, 0.4) is 0 Å². The number of carbonyl (C=O) groups excluding carboxylic acids is 2. The Balaban J connectivity index is 1.41. The molecule has 0 fully saturated rings. The highest BCUT2D eigenvalue weighted by Gasteiger charge is 2.40. The van der Waals surface area contributed by atoms with Crippen LogP contribution in [-0.4, -0.2) is 33.7 Å². The van der Waals surface area contributed by atoms with E-state index in [1.165, 1.54) is 12.1 Å². The minimum absolute atomic E-state index is 0.00110. The van der Waals surface area contributed by atoms with Crippen molar-refractivity contribution in [3.05, 3.63) is 101 Å². The van der Waals surface area contributed by atoms with Gasteiger partial charge < -0.3 is 10.1 Å². The van der Waals surface area contributed by atoms with Gasteiger partial charge >= 0.3 is 0 Å². The number of aromatic nitrogens is 3. The number of nitrogens with zero attached hydrogens (tertiary/aromatic N) is 4. The second-order valence-corrected chi connectivity index (χ2v) is 8.44. The molecule has 9 heteroatoms. The molecule has 0 aliphatic carbocycles. The van der Waals surface area contributed by atoms with Gasteiger partial charge in [0.05, 0.1) is 30.3 Å². The summed E-state index contributed by atoms with van der Waals surface area (Å²) in [5, 5.41) is 7.95. The van der Waals surface area contributed by atoms with Gasteiger partial charge in [0.2, 0.25) is 5.95 Å². The maximum absolute atomic E-state index is 13.6. The first-order valence-corrected chi connectivity index (χ1v) is 11.1. The molecule has 0 saturated carbocycles. The second-order valence-electron chi connectivity index (χ2n) is 8.44. The number of halogens is 1. The van der Waals surface area contributed by atoms with Crippen LogP contribution in [0.5, 0.6) is 5.75 Å². The molecule has 0 spiro atoms. The summed E-state index contributed by atoms with van der Waals surface area (Å²) in [6, 6.07) is 20.2. The van der Waals surface area contributed by atoms with Crippen LogP contribution in [0.2, 0.25) is 0 Å². The Morgan fingerprint density at radius 1 is 0.914 bits per heavy atom. The van der Waals surface area contributed by atoms with E-state index >= 15 is 0 Å². The van der Waals surface area contributed by atoms with Gasteiger partial charge in [0.25, 0.3) is 17.8 Å². The topological polar surface area (TPSA) is 89.4 Å². The Morgan fingerprint density at radius 2 is 1.54 bits per heavy atom. The highest BCUT2D eigenvalue weighted by Crippen LogP contribution is 2.39. The summed E-state index contributed by atoms with van der Waals surface area (Å²) >= 11 is 0. The minimum Gasteiger partial charge on any atom is -0.497 e. The van der Waals surface area contributed by atoms with E-state index in [9.17, 15) is 14.0 Å². The van der Waals surface area contributed by atoms with Gasteiger partial charge in [-0.15, -0.1) is 5.10 Å². The normalized spacial score (nSPS) is 18.7. The van der Waals surface area contributed by atoms with Crippen LogP contribution in [0.25, 0.3) is 0 Å². The van der Waals surface area contributed by atoms with Gasteiger partial charge in [0.1, 0.15) is 11.6 Å². The molecule has 2 aliphatic rings. The largest absolute Gasteiger partial charge is 0.497 e. The lowest BCUT2D eigenvalue weighted by Gasteiger charge is -2.31. The first-order chi connectivity index (χ1) is 17.0. The maximum Gasteiger partial charge on any atom is 0.268 e. The van der Waals surface area contributed by atoms with E-state index in [2.05, 4.69) is 15.4 Å². The number of nitrogens with one attached hydrogen (secondary N) is 1. The zero-order valence-electron chi connectivity index (χ0n) is 18.7. The summed E-state index contributed by atoms with van der Waals surface area (Å²) in [6.45, 7) is 0. The van der Waals surface area contributed by atoms with Crippen LogP contribution >= 0.6 is 0 Å². The van der Waals surface area contributed by atoms with E-state index < -0.39 is 11.8 Å². The molecule has 2 amide bonds. The van der Waals surface area contributed by atoms with Gasteiger partial charge in [-0.25, -0.2) is 14.0 Å². The molecule has 1 N–H and O–H groups in total. The molecule has 3 heterocycles. The van der Waals surface area contributed by atoms with Crippen LogP contribution in [-0.2, 0) is 0 Å². The Kier molecular flexibility index (Phi) is 4.84. The number of hydrogen-bond acceptors (Lipinski definition) is 6. The van der Waals surface area contributed by atoms with Crippen molar-refractivity contribution in [3.63, 3.8) is 0 Å². The van der Waals surface area contributed by atoms with Crippen molar-refractivity contribution in [2.24, 2.45) is 0 Å². The van der Waals surface area contributed by atoms with E-state index in [1.807, 2.05) is 24.3 Å². The van der Waals surface area contributed by atoms with Crippen molar-refractivity contribution in [2.45, 2.75) is 18.5 Å². The summed E-state index contributed by atoms with van der Waals surface area (Å²) in [5.74, 6) is -0.0908. The van der Waals surface area contributed by atoms with Gasteiger partial charge in [-0.1, -0.05) is 36.4 Å². The molecule has 0 saturated heterocycles. The molecule has 8 nitrogen and oxygen atoms in total. The fraction of sp³-hybridized carbons (Fsp3) is 0.154. The first-order valence-electron chi connectivity index (χ1n) is 11.1. The third-order valence-electron chi connectivity index (χ3n) is 6.44. The number of benzene rings is 3. The van der Waals surface area contributed by atoms with Crippen molar-refractivity contribution in [3.8, 4) is 5.75 Å². The molecular weight excluding hydrogens is 449 g/mol. The Bertz CT molecular complexity index is 1410. The van der Waals surface area contributed by atoms with Crippen LogP contribution in [0.4, 0.5) is 16.3 Å². The number of methoxy groups -OCH3 is 1. The summed E-state index contributed by atoms with van der Waals surface area (Å²) < 4.78 is 20.6. The molecule has 0 unspecified atom stereocenters. The fourth-order valence-corrected chi connectivity index (χ4v) is 4.65. The molecule has 6 rings (SSSR count). The van der Waals surface area contributed by atoms with Crippen LogP contribution < -0.4 is 15.0 Å². The molecule has 3 aromatic carbocycles. The highest BCUT2D eigenvalue weighted by atomic mass is 19.1. The van der Waals surface area contributed by atoms with Crippen molar-refractivity contribution < 1.29 is 18.7 Å². The molecule has 0 radical (unpaired) electrons. The predicted molar refractivity (Wildman–Crippen MR) is 126 cm³/mol. The lowest BCUT2D eigenvalue weighted by atomic mass is 9.93. The first kappa shape index (κ1) is 21.0. The maximum atomic E-state index is 13.6. The van der Waals surface area contributed by atoms with Gasteiger partial charge in [0, 0.05) is 0 Å². The average molecular weight is 469 g/mol. The van der Waals surface area contributed by atoms with Gasteiger partial charge in [0.15, 0.2) is 0 Å². The number of fused-ring (bicyclic) bond motifs is 2. The Labute approximate surface area is 200 Å². The van der Waals surface area contributed by atoms with Crippen molar-refractivity contribution in [1.29, 1.82) is 0 Å². The molecule has 2 aliphatic heterocycles. The van der Waals surface area contributed by atoms with Crippen molar-refractivity contribution in [1.82, 2.24) is 14.8 Å². The quantitative estimate of drug-likeness (QED) is 0.447. The van der Waals surface area contributed by atoms with E-state index in [0.29, 0.717) is 23.5 Å². The number of rotatable bonds is 4. The van der Waals surface area contributed by atoms with Crippen LogP contribution in [0.1, 0.15) is 50.3 Å². The fourth-order valence-electron chi connectivity index (χ4n) is 4.65. The number of hydrogen-bond donors (Lipinski definition) is 1. The zero-order valence-corrected chi connectivity index (χ0v) is 18.7. The number of anilines is 2. The number of ether oxygens (including phenoxy) is 1. The van der Waals surface area contributed by atoms with E-state index in [0.717, 1.165) is 21.8 Å². The second kappa shape index (κ2) is 8.05. The third-order valence-corrected chi connectivity index (χ3v) is 6.44. The SMILES string of the molecule is COc1ccc([C@H]2C[C@H](c3ccc(F)cc3)n3nc(N4C(=O)c5ccccc5C4=O)nc3N2)cc1. The van der Waals surface area contributed by atoms with E-state index in [1.54, 1.807) is 48.2 Å². The van der Waals surface area contributed by atoms with E-state index in [4.69, 9.17) is 4.74 Å². The molecule has 4 aromatic rings. The number of amides is 2. The highest BCUT2D eigenvalue weighted by molar-refractivity contribution is 6.33. The molecule has 2 atom stereocenters. The Hall–Kier alpha value is -4.53. The molecule has 35 heavy (non-hydrogen) atoms. The molecule has 1 aromatic heterocycles. The summed E-state index contributed by atoms with van der Waals surface area (Å²) in [7, 11) is 1.61. The van der Waals surface area contributed by atoms with Gasteiger partial charge in [-0.05, 0) is 53.9 Å². The van der Waals surface area contributed by atoms with E-state index in [-0.39, 0.29) is 23.8 Å².